The third-order valence-corrected chi connectivity index (χ3v) is 7.47. The number of halogens is 2. The third-order valence-electron chi connectivity index (χ3n) is 5.46. The summed E-state index contributed by atoms with van der Waals surface area (Å²) in [7, 11) is 0. The number of benzene rings is 2. The van der Waals surface area contributed by atoms with E-state index in [9.17, 15) is 19.6 Å². The Hall–Kier alpha value is -3.64. The van der Waals surface area contributed by atoms with Gasteiger partial charge >= 0.3 is 11.9 Å². The first-order chi connectivity index (χ1) is 18.7. The highest BCUT2D eigenvalue weighted by molar-refractivity contribution is 7.14. The van der Waals surface area contributed by atoms with E-state index in [-0.39, 0.29) is 42.3 Å². The summed E-state index contributed by atoms with van der Waals surface area (Å²) < 4.78 is 16.1. The van der Waals surface area contributed by atoms with Crippen LogP contribution >= 0.6 is 34.5 Å². The van der Waals surface area contributed by atoms with E-state index in [1.165, 1.54) is 6.08 Å². The van der Waals surface area contributed by atoms with Gasteiger partial charge in [0.2, 0.25) is 0 Å². The molecule has 2 aromatic carbocycles. The number of esters is 2. The predicted molar refractivity (Wildman–Crippen MR) is 151 cm³/mol. The lowest BCUT2D eigenvalue weighted by molar-refractivity contribution is -0.114. The number of nitrogens with zero attached hydrogens (tertiary/aromatic N) is 1. The number of carbonyl (C=O) groups is 3. The Morgan fingerprint density at radius 3 is 2.38 bits per heavy atom. The highest BCUT2D eigenvalue weighted by Crippen LogP contribution is 2.31. The van der Waals surface area contributed by atoms with Gasteiger partial charge in [0.15, 0.2) is 5.78 Å². The van der Waals surface area contributed by atoms with Crippen LogP contribution in [-0.4, -0.2) is 30.9 Å². The molecule has 0 unspecified atom stereocenters. The van der Waals surface area contributed by atoms with Crippen molar-refractivity contribution < 1.29 is 28.6 Å². The molecule has 39 heavy (non-hydrogen) atoms. The van der Waals surface area contributed by atoms with Crippen molar-refractivity contribution in [3.8, 4) is 11.8 Å². The van der Waals surface area contributed by atoms with Gasteiger partial charge in [-0.2, -0.15) is 5.26 Å². The molecule has 0 saturated carbocycles. The Bertz CT molecular complexity index is 1470. The van der Waals surface area contributed by atoms with Gasteiger partial charge in [0.1, 0.15) is 23.3 Å². The Kier molecular flexibility index (Phi) is 10.7. The lowest BCUT2D eigenvalue weighted by atomic mass is 10.0. The van der Waals surface area contributed by atoms with Crippen LogP contribution in [0.4, 0.5) is 0 Å². The summed E-state index contributed by atoms with van der Waals surface area (Å²) in [5, 5.41) is 10.6. The van der Waals surface area contributed by atoms with Gasteiger partial charge in [-0.1, -0.05) is 41.4 Å². The van der Waals surface area contributed by atoms with Crippen molar-refractivity contribution in [1.29, 1.82) is 5.26 Å². The number of ether oxygens (including phenoxy) is 3. The van der Waals surface area contributed by atoms with Crippen LogP contribution in [0.2, 0.25) is 10.0 Å². The largest absolute Gasteiger partial charge is 0.489 e. The zero-order valence-corrected chi connectivity index (χ0v) is 23.8. The van der Waals surface area contributed by atoms with Crippen LogP contribution < -0.4 is 4.74 Å². The Morgan fingerprint density at radius 1 is 1.00 bits per heavy atom. The van der Waals surface area contributed by atoms with Crippen molar-refractivity contribution in [1.82, 2.24) is 0 Å². The first-order valence-corrected chi connectivity index (χ1v) is 13.5. The van der Waals surface area contributed by atoms with Crippen molar-refractivity contribution in [2.45, 2.75) is 33.8 Å². The van der Waals surface area contributed by atoms with E-state index < -0.39 is 17.7 Å². The molecule has 3 rings (SSSR count). The van der Waals surface area contributed by atoms with Gasteiger partial charge in [0, 0.05) is 11.3 Å². The SMILES string of the molecule is CCOC(=O)c1sc(CC(=O)/C(C#N)=C/c2cccc(OCc3ccc(Cl)c(Cl)c3)c2)c(C(=O)OCC)c1C. The summed E-state index contributed by atoms with van der Waals surface area (Å²) >= 11 is 13.0. The van der Waals surface area contributed by atoms with Gasteiger partial charge in [0.25, 0.3) is 0 Å². The van der Waals surface area contributed by atoms with Gasteiger partial charge in [0.05, 0.1) is 34.4 Å². The molecule has 0 aliphatic heterocycles. The maximum atomic E-state index is 13.1. The van der Waals surface area contributed by atoms with Gasteiger partial charge in [-0.25, -0.2) is 9.59 Å². The summed E-state index contributed by atoms with van der Waals surface area (Å²) in [5.74, 6) is -1.21. The molecule has 0 amide bonds. The molecule has 10 heteroatoms. The van der Waals surface area contributed by atoms with Crippen LogP contribution in [-0.2, 0) is 27.3 Å². The third kappa shape index (κ3) is 7.70. The number of rotatable bonds is 11. The zero-order valence-electron chi connectivity index (χ0n) is 21.5. The second-order valence-corrected chi connectivity index (χ2v) is 10.1. The normalized spacial score (nSPS) is 11.0. The molecule has 0 N–H and O–H groups in total. The van der Waals surface area contributed by atoms with Crippen LogP contribution in [0, 0.1) is 18.3 Å². The quantitative estimate of drug-likeness (QED) is 0.135. The van der Waals surface area contributed by atoms with Crippen LogP contribution in [0.3, 0.4) is 0 Å². The van der Waals surface area contributed by atoms with Gasteiger partial charge in [-0.15, -0.1) is 11.3 Å². The Labute approximate surface area is 240 Å². The average Bonchev–Trinajstić information content (AvgIpc) is 3.24. The minimum Gasteiger partial charge on any atom is -0.489 e. The molecule has 1 aromatic heterocycles. The highest BCUT2D eigenvalue weighted by Gasteiger charge is 2.28. The van der Waals surface area contributed by atoms with Gasteiger partial charge < -0.3 is 14.2 Å². The average molecular weight is 586 g/mol. The summed E-state index contributed by atoms with van der Waals surface area (Å²) in [6, 6.07) is 14.1. The maximum Gasteiger partial charge on any atom is 0.348 e. The molecule has 0 fully saturated rings. The summed E-state index contributed by atoms with van der Waals surface area (Å²) in [6.45, 7) is 5.48. The van der Waals surface area contributed by atoms with E-state index in [1.54, 1.807) is 63.2 Å². The minimum atomic E-state index is -0.640. The molecule has 1 heterocycles. The van der Waals surface area contributed by atoms with Crippen molar-refractivity contribution in [2.75, 3.05) is 13.2 Å². The monoisotopic (exact) mass is 585 g/mol. The van der Waals surface area contributed by atoms with Gasteiger partial charge in [-0.05, 0) is 67.8 Å². The number of hydrogen-bond acceptors (Lipinski definition) is 8. The van der Waals surface area contributed by atoms with E-state index in [1.807, 2.05) is 6.07 Å². The zero-order chi connectivity index (χ0) is 28.5. The lowest BCUT2D eigenvalue weighted by Gasteiger charge is -2.08. The van der Waals surface area contributed by atoms with Crippen LogP contribution in [0.15, 0.2) is 48.0 Å². The van der Waals surface area contributed by atoms with Crippen LogP contribution in [0.1, 0.15) is 55.4 Å². The maximum absolute atomic E-state index is 13.1. The van der Waals surface area contributed by atoms with Gasteiger partial charge in [-0.3, -0.25) is 4.79 Å². The molecule has 0 radical (unpaired) electrons. The van der Waals surface area contributed by atoms with Crippen LogP contribution in [0.5, 0.6) is 5.75 Å². The topological polar surface area (TPSA) is 103 Å². The second-order valence-electron chi connectivity index (χ2n) is 8.17. The standard InChI is InChI=1S/C29H25Cl2NO6S/c1-4-36-28(34)26-17(3)27(29(35)37-5-2)39-25(26)14-24(33)20(15-32)11-18-7-6-8-21(12-18)38-16-19-9-10-22(30)23(31)13-19/h6-13H,4-5,14,16H2,1-3H3/b20-11+. The first-order valence-electron chi connectivity index (χ1n) is 12.0. The van der Waals surface area contributed by atoms with Crippen LogP contribution in [0.25, 0.3) is 6.08 Å². The number of ketones is 1. The van der Waals surface area contributed by atoms with E-state index in [4.69, 9.17) is 37.4 Å². The fraction of sp³-hybridized carbons (Fsp3) is 0.241. The molecular weight excluding hydrogens is 561 g/mol. The summed E-state index contributed by atoms with van der Waals surface area (Å²) in [5.41, 5.74) is 1.81. The Morgan fingerprint density at radius 2 is 1.72 bits per heavy atom. The van der Waals surface area contributed by atoms with E-state index in [0.29, 0.717) is 31.8 Å². The smallest absolute Gasteiger partial charge is 0.348 e. The fourth-order valence-corrected chi connectivity index (χ4v) is 5.14. The van der Waals surface area contributed by atoms with E-state index in [0.717, 1.165) is 16.9 Å². The number of thiophene rings is 1. The molecular formula is C29H25Cl2NO6S. The number of allylic oxidation sites excluding steroid dienone is 1. The highest BCUT2D eigenvalue weighted by atomic mass is 35.5. The Balaban J connectivity index is 1.83. The van der Waals surface area contributed by atoms with Crippen molar-refractivity contribution in [3.63, 3.8) is 0 Å². The lowest BCUT2D eigenvalue weighted by Crippen LogP contribution is -2.12. The second kappa shape index (κ2) is 13.9. The van der Waals surface area contributed by atoms with Crippen molar-refractivity contribution in [3.05, 3.63) is 90.1 Å². The molecule has 3 aromatic rings. The molecule has 0 saturated heterocycles. The van der Waals surface area contributed by atoms with Crippen molar-refractivity contribution in [2.24, 2.45) is 0 Å². The molecule has 0 aliphatic rings. The molecule has 0 spiro atoms. The summed E-state index contributed by atoms with van der Waals surface area (Å²) in [4.78, 5) is 38.7. The molecule has 202 valence electrons. The number of nitriles is 1. The predicted octanol–water partition coefficient (Wildman–Crippen LogP) is 7.01. The molecule has 7 nitrogen and oxygen atoms in total. The van der Waals surface area contributed by atoms with E-state index >= 15 is 0 Å². The first kappa shape index (κ1) is 29.9. The van der Waals surface area contributed by atoms with E-state index in [2.05, 4.69) is 0 Å². The molecule has 0 atom stereocenters. The number of hydrogen-bond donors (Lipinski definition) is 0. The fourth-order valence-electron chi connectivity index (χ4n) is 3.63. The summed E-state index contributed by atoms with van der Waals surface area (Å²) in [6.07, 6.45) is 1.19. The minimum absolute atomic E-state index is 0.116. The number of carbonyl (C=O) groups excluding carboxylic acids is 3. The molecule has 0 bridgehead atoms. The number of Topliss-reactive ketones (excluding diaryl/α,β-unsaturated/α-hetero) is 1. The molecule has 0 aliphatic carbocycles. The van der Waals surface area contributed by atoms with Crippen molar-refractivity contribution >= 4 is 58.3 Å².